The fraction of sp³-hybridized carbons (Fsp3) is 0.0625. The highest BCUT2D eigenvalue weighted by Gasteiger charge is 2.08. The van der Waals surface area contributed by atoms with E-state index < -0.39 is 0 Å². The van der Waals surface area contributed by atoms with Gasteiger partial charge in [-0.2, -0.15) is 0 Å². The topological polar surface area (TPSA) is 38.3 Å². The van der Waals surface area contributed by atoms with Gasteiger partial charge >= 0.3 is 0 Å². The summed E-state index contributed by atoms with van der Waals surface area (Å²) in [7, 11) is 1.51. The van der Waals surface area contributed by atoms with Crippen molar-refractivity contribution in [2.24, 2.45) is 0 Å². The number of hydrogen-bond donors (Lipinski definition) is 1. The van der Waals surface area contributed by atoms with Gasteiger partial charge in [-0.3, -0.25) is 4.79 Å². The minimum Gasteiger partial charge on any atom is -0.495 e. The lowest BCUT2D eigenvalue weighted by molar-refractivity contribution is -0.111. The molecular formula is C16H13Cl2NO2. The predicted molar refractivity (Wildman–Crippen MR) is 87.1 cm³/mol. The predicted octanol–water partition coefficient (Wildman–Crippen LogP) is 4.65. The van der Waals surface area contributed by atoms with Crippen LogP contribution < -0.4 is 10.1 Å². The third kappa shape index (κ3) is 4.25. The average molecular weight is 322 g/mol. The molecule has 0 spiro atoms. The first-order chi connectivity index (χ1) is 10.1. The van der Waals surface area contributed by atoms with Crippen LogP contribution in [-0.2, 0) is 4.79 Å². The Kier molecular flexibility index (Phi) is 5.26. The number of hydrogen-bond acceptors (Lipinski definition) is 2. The van der Waals surface area contributed by atoms with E-state index in [9.17, 15) is 4.79 Å². The van der Waals surface area contributed by atoms with Crippen LogP contribution in [0.1, 0.15) is 5.56 Å². The molecule has 0 aliphatic rings. The lowest BCUT2D eigenvalue weighted by Gasteiger charge is -2.07. The van der Waals surface area contributed by atoms with Gasteiger partial charge in [0.2, 0.25) is 5.91 Å². The van der Waals surface area contributed by atoms with E-state index in [0.29, 0.717) is 21.4 Å². The number of benzene rings is 2. The van der Waals surface area contributed by atoms with Gasteiger partial charge in [-0.25, -0.2) is 0 Å². The smallest absolute Gasteiger partial charge is 0.248 e. The van der Waals surface area contributed by atoms with Gasteiger partial charge in [0.25, 0.3) is 0 Å². The molecule has 1 N–H and O–H groups in total. The number of ether oxygens (including phenoxy) is 1. The Balaban J connectivity index is 2.16. The maximum Gasteiger partial charge on any atom is 0.248 e. The Labute approximate surface area is 133 Å². The van der Waals surface area contributed by atoms with Crippen molar-refractivity contribution in [3.8, 4) is 5.75 Å². The van der Waals surface area contributed by atoms with Gasteiger partial charge < -0.3 is 10.1 Å². The summed E-state index contributed by atoms with van der Waals surface area (Å²) in [6.45, 7) is 0. The monoisotopic (exact) mass is 321 g/mol. The number of methoxy groups -OCH3 is 1. The molecule has 0 bridgehead atoms. The van der Waals surface area contributed by atoms with Gasteiger partial charge in [-0.1, -0.05) is 41.4 Å². The quantitative estimate of drug-likeness (QED) is 0.832. The van der Waals surface area contributed by atoms with Crippen LogP contribution in [-0.4, -0.2) is 13.0 Å². The number of halogens is 2. The minimum absolute atomic E-state index is 0.251. The summed E-state index contributed by atoms with van der Waals surface area (Å²) in [4.78, 5) is 11.9. The van der Waals surface area contributed by atoms with E-state index in [1.54, 1.807) is 18.2 Å². The highest BCUT2D eigenvalue weighted by molar-refractivity contribution is 6.36. The molecule has 0 aromatic heterocycles. The first-order valence-electron chi connectivity index (χ1n) is 6.17. The van der Waals surface area contributed by atoms with Crippen LogP contribution in [0.4, 0.5) is 5.69 Å². The largest absolute Gasteiger partial charge is 0.495 e. The standard InChI is InChI=1S/C16H13Cl2NO2/c1-21-16-11(9-12(17)10-14(16)18)7-8-15(20)19-13-5-3-2-4-6-13/h2-10H,1H3,(H,19,20). The number of nitrogens with one attached hydrogen (secondary N) is 1. The second-order valence-electron chi connectivity index (χ2n) is 4.20. The first kappa shape index (κ1) is 15.4. The van der Waals surface area contributed by atoms with Gasteiger partial charge in [-0.05, 0) is 30.3 Å². The molecule has 0 saturated heterocycles. The molecule has 0 saturated carbocycles. The number of rotatable bonds is 4. The van der Waals surface area contributed by atoms with E-state index in [2.05, 4.69) is 5.32 Å². The van der Waals surface area contributed by atoms with Gasteiger partial charge in [0.1, 0.15) is 5.75 Å². The van der Waals surface area contributed by atoms with Crippen LogP contribution in [0, 0.1) is 0 Å². The Hall–Kier alpha value is -1.97. The third-order valence-electron chi connectivity index (χ3n) is 2.70. The number of carbonyl (C=O) groups excluding carboxylic acids is 1. The molecule has 2 rings (SSSR count). The third-order valence-corrected chi connectivity index (χ3v) is 3.20. The van der Waals surface area contributed by atoms with E-state index in [1.165, 1.54) is 13.2 Å². The van der Waals surface area contributed by atoms with Crippen molar-refractivity contribution in [3.05, 3.63) is 64.1 Å². The summed E-state index contributed by atoms with van der Waals surface area (Å²) in [5, 5.41) is 3.62. The summed E-state index contributed by atoms with van der Waals surface area (Å²) in [5.41, 5.74) is 1.36. The zero-order valence-electron chi connectivity index (χ0n) is 11.3. The Morgan fingerprint density at radius 2 is 1.90 bits per heavy atom. The van der Waals surface area contributed by atoms with E-state index in [1.807, 2.05) is 30.3 Å². The zero-order chi connectivity index (χ0) is 15.2. The molecule has 3 nitrogen and oxygen atoms in total. The van der Waals surface area contributed by atoms with Crippen molar-refractivity contribution >= 4 is 40.9 Å². The molecule has 0 radical (unpaired) electrons. The van der Waals surface area contributed by atoms with Crippen molar-refractivity contribution in [3.63, 3.8) is 0 Å². The maximum absolute atomic E-state index is 11.9. The molecule has 0 fully saturated rings. The molecular weight excluding hydrogens is 309 g/mol. The van der Waals surface area contributed by atoms with Crippen molar-refractivity contribution in [1.82, 2.24) is 0 Å². The van der Waals surface area contributed by atoms with Crippen molar-refractivity contribution < 1.29 is 9.53 Å². The minimum atomic E-state index is -0.251. The Bertz CT molecular complexity index is 669. The fourth-order valence-corrected chi connectivity index (χ4v) is 2.38. The summed E-state index contributed by atoms with van der Waals surface area (Å²) in [6, 6.07) is 12.5. The van der Waals surface area contributed by atoms with Gasteiger partial charge in [0, 0.05) is 22.3 Å². The number of carbonyl (C=O) groups is 1. The van der Waals surface area contributed by atoms with Crippen LogP contribution in [0.2, 0.25) is 10.0 Å². The van der Waals surface area contributed by atoms with Crippen LogP contribution in [0.3, 0.4) is 0 Å². The van der Waals surface area contributed by atoms with Crippen LogP contribution in [0.5, 0.6) is 5.75 Å². The number of anilines is 1. The second kappa shape index (κ2) is 7.16. The summed E-state index contributed by atoms with van der Waals surface area (Å²) in [5.74, 6) is 0.226. The molecule has 2 aromatic rings. The van der Waals surface area contributed by atoms with Crippen LogP contribution in [0.25, 0.3) is 6.08 Å². The molecule has 0 unspecified atom stereocenters. The number of para-hydroxylation sites is 1. The molecule has 5 heteroatoms. The van der Waals surface area contributed by atoms with Gasteiger partial charge in [0.05, 0.1) is 12.1 Å². The lowest BCUT2D eigenvalue weighted by Crippen LogP contribution is -2.07. The van der Waals surface area contributed by atoms with Gasteiger partial charge in [-0.15, -0.1) is 0 Å². The van der Waals surface area contributed by atoms with Crippen molar-refractivity contribution in [1.29, 1.82) is 0 Å². The molecule has 0 heterocycles. The molecule has 0 aliphatic carbocycles. The summed E-state index contributed by atoms with van der Waals surface area (Å²) in [6.07, 6.45) is 3.01. The average Bonchev–Trinajstić information content (AvgIpc) is 2.45. The van der Waals surface area contributed by atoms with Gasteiger partial charge in [0.15, 0.2) is 0 Å². The van der Waals surface area contributed by atoms with Crippen LogP contribution >= 0.6 is 23.2 Å². The van der Waals surface area contributed by atoms with Crippen molar-refractivity contribution in [2.45, 2.75) is 0 Å². The van der Waals surface area contributed by atoms with E-state index in [4.69, 9.17) is 27.9 Å². The highest BCUT2D eigenvalue weighted by atomic mass is 35.5. The van der Waals surface area contributed by atoms with E-state index >= 15 is 0 Å². The van der Waals surface area contributed by atoms with Crippen molar-refractivity contribution in [2.75, 3.05) is 12.4 Å². The number of amides is 1. The van der Waals surface area contributed by atoms with E-state index in [-0.39, 0.29) is 5.91 Å². The first-order valence-corrected chi connectivity index (χ1v) is 6.93. The normalized spacial score (nSPS) is 10.6. The molecule has 0 aliphatic heterocycles. The molecule has 108 valence electrons. The maximum atomic E-state index is 11.9. The summed E-state index contributed by atoms with van der Waals surface area (Å²) < 4.78 is 5.21. The Morgan fingerprint density at radius 3 is 2.57 bits per heavy atom. The Morgan fingerprint density at radius 1 is 1.19 bits per heavy atom. The molecule has 0 atom stereocenters. The summed E-state index contributed by atoms with van der Waals surface area (Å²) >= 11 is 12.0. The fourth-order valence-electron chi connectivity index (χ4n) is 1.79. The second-order valence-corrected chi connectivity index (χ2v) is 5.04. The molecule has 2 aromatic carbocycles. The van der Waals surface area contributed by atoms with Crippen LogP contribution in [0.15, 0.2) is 48.5 Å². The molecule has 1 amide bonds. The zero-order valence-corrected chi connectivity index (χ0v) is 12.8. The van der Waals surface area contributed by atoms with E-state index in [0.717, 1.165) is 5.69 Å². The highest BCUT2D eigenvalue weighted by Crippen LogP contribution is 2.32. The molecule has 21 heavy (non-hydrogen) atoms. The SMILES string of the molecule is COc1c(Cl)cc(Cl)cc1C=CC(=O)Nc1ccccc1. The lowest BCUT2D eigenvalue weighted by atomic mass is 10.2.